The summed E-state index contributed by atoms with van der Waals surface area (Å²) in [6, 6.07) is 3.14. The molecule has 2 atom stereocenters. The van der Waals surface area contributed by atoms with E-state index in [1.807, 2.05) is 0 Å². The Bertz CT molecular complexity index is 619. The lowest BCUT2D eigenvalue weighted by atomic mass is 10.0. The van der Waals surface area contributed by atoms with E-state index in [4.69, 9.17) is 16.7 Å². The monoisotopic (exact) mass is 312 g/mol. The van der Waals surface area contributed by atoms with Crippen molar-refractivity contribution in [3.63, 3.8) is 0 Å². The van der Waals surface area contributed by atoms with Crippen LogP contribution < -0.4 is 0 Å². The summed E-state index contributed by atoms with van der Waals surface area (Å²) < 4.78 is 0. The minimum atomic E-state index is -0.956. The summed E-state index contributed by atoms with van der Waals surface area (Å²) in [4.78, 5) is 35.1. The number of likely N-dealkylation sites (tertiary alicyclic amines) is 1. The predicted molar refractivity (Wildman–Crippen MR) is 74.3 cm³/mol. The van der Waals surface area contributed by atoms with Gasteiger partial charge in [-0.25, -0.2) is 0 Å². The van der Waals surface area contributed by atoms with Crippen LogP contribution >= 0.6 is 11.6 Å². The normalized spacial score (nSPS) is 21.3. The molecule has 0 bridgehead atoms. The Morgan fingerprint density at radius 3 is 2.67 bits per heavy atom. The van der Waals surface area contributed by atoms with Gasteiger partial charge in [-0.3, -0.25) is 19.7 Å². The minimum absolute atomic E-state index is 0.0174. The number of aliphatic carboxylic acids is 1. The number of benzene rings is 1. The largest absolute Gasteiger partial charge is 0.481 e. The molecule has 0 radical (unpaired) electrons. The molecule has 0 aliphatic carbocycles. The Morgan fingerprint density at radius 2 is 2.14 bits per heavy atom. The number of amides is 1. The van der Waals surface area contributed by atoms with Crippen LogP contribution in [0.4, 0.5) is 5.69 Å². The van der Waals surface area contributed by atoms with Crippen molar-refractivity contribution < 1.29 is 19.6 Å². The van der Waals surface area contributed by atoms with Crippen LogP contribution in [0.15, 0.2) is 18.2 Å². The van der Waals surface area contributed by atoms with E-state index < -0.39 is 28.8 Å². The van der Waals surface area contributed by atoms with Crippen molar-refractivity contribution in [2.45, 2.75) is 19.4 Å². The number of carbonyl (C=O) groups excluding carboxylic acids is 1. The number of non-ortho nitro benzene ring substituents is 1. The number of carboxylic acid groups (broad SMARTS) is 1. The Labute approximate surface area is 125 Å². The van der Waals surface area contributed by atoms with E-state index in [9.17, 15) is 19.7 Å². The van der Waals surface area contributed by atoms with Gasteiger partial charge >= 0.3 is 5.97 Å². The van der Waals surface area contributed by atoms with Gasteiger partial charge in [-0.15, -0.1) is 0 Å². The number of carboxylic acids is 1. The first-order valence-corrected chi connectivity index (χ1v) is 6.68. The van der Waals surface area contributed by atoms with Crippen molar-refractivity contribution in [3.05, 3.63) is 38.9 Å². The maximum absolute atomic E-state index is 12.4. The molecule has 1 aromatic carbocycles. The number of halogens is 1. The van der Waals surface area contributed by atoms with Crippen LogP contribution in [0.2, 0.25) is 5.02 Å². The molecule has 8 heteroatoms. The fourth-order valence-electron chi connectivity index (χ4n) is 2.50. The molecule has 1 fully saturated rings. The van der Waals surface area contributed by atoms with E-state index in [-0.39, 0.29) is 22.8 Å². The first-order valence-electron chi connectivity index (χ1n) is 6.30. The van der Waals surface area contributed by atoms with Gasteiger partial charge in [0, 0.05) is 24.7 Å². The highest BCUT2D eigenvalue weighted by Crippen LogP contribution is 2.29. The van der Waals surface area contributed by atoms with Crippen molar-refractivity contribution >= 4 is 29.2 Å². The maximum atomic E-state index is 12.4. The van der Waals surface area contributed by atoms with Gasteiger partial charge in [0.25, 0.3) is 11.6 Å². The van der Waals surface area contributed by atoms with E-state index in [0.29, 0.717) is 6.42 Å². The first-order chi connectivity index (χ1) is 9.82. The summed E-state index contributed by atoms with van der Waals surface area (Å²) in [5.74, 6) is -2.07. The van der Waals surface area contributed by atoms with Crippen LogP contribution in [-0.4, -0.2) is 39.4 Å². The number of rotatable bonds is 3. The third-order valence-electron chi connectivity index (χ3n) is 3.72. The van der Waals surface area contributed by atoms with Crippen molar-refractivity contribution in [1.29, 1.82) is 0 Å². The van der Waals surface area contributed by atoms with Crippen LogP contribution in [0, 0.1) is 16.0 Å². The van der Waals surface area contributed by atoms with Crippen molar-refractivity contribution in [2.24, 2.45) is 5.92 Å². The van der Waals surface area contributed by atoms with Gasteiger partial charge in [-0.05, 0) is 19.4 Å². The molecule has 0 aromatic heterocycles. The number of nitro benzene ring substituents is 1. The van der Waals surface area contributed by atoms with Crippen LogP contribution in [0.1, 0.15) is 23.7 Å². The zero-order valence-corrected chi connectivity index (χ0v) is 11.9. The molecule has 1 N–H and O–H groups in total. The summed E-state index contributed by atoms with van der Waals surface area (Å²) >= 11 is 5.93. The molecular weight excluding hydrogens is 300 g/mol. The standard InChI is InChI=1S/C13H13ClN2O5/c1-7-9(13(18)19)4-5-15(7)12(17)10-6-8(16(20)21)2-3-11(10)14/h2-3,6-7,9H,4-5H2,1H3,(H,18,19). The Kier molecular flexibility index (Phi) is 4.13. The van der Waals surface area contributed by atoms with Crippen LogP contribution in [0.3, 0.4) is 0 Å². The molecule has 112 valence electrons. The van der Waals surface area contributed by atoms with Crippen LogP contribution in [0.5, 0.6) is 0 Å². The van der Waals surface area contributed by atoms with E-state index in [1.165, 1.54) is 17.0 Å². The fourth-order valence-corrected chi connectivity index (χ4v) is 2.70. The molecule has 1 aliphatic heterocycles. The van der Waals surface area contributed by atoms with Gasteiger partial charge in [0.05, 0.1) is 21.4 Å². The second-order valence-corrected chi connectivity index (χ2v) is 5.30. The predicted octanol–water partition coefficient (Wildman–Crippen LogP) is 2.18. The number of nitro groups is 1. The van der Waals surface area contributed by atoms with Crippen LogP contribution in [0.25, 0.3) is 0 Å². The second kappa shape index (κ2) is 5.69. The van der Waals surface area contributed by atoms with E-state index >= 15 is 0 Å². The van der Waals surface area contributed by atoms with Crippen molar-refractivity contribution in [1.82, 2.24) is 4.90 Å². The zero-order valence-electron chi connectivity index (χ0n) is 11.2. The molecular formula is C13H13ClN2O5. The van der Waals surface area contributed by atoms with Crippen molar-refractivity contribution in [2.75, 3.05) is 6.54 Å². The highest BCUT2D eigenvalue weighted by molar-refractivity contribution is 6.34. The third kappa shape index (κ3) is 2.82. The lowest BCUT2D eigenvalue weighted by molar-refractivity contribution is -0.384. The SMILES string of the molecule is CC1C(C(=O)O)CCN1C(=O)c1cc([N+](=O)[O-])ccc1Cl. The average molecular weight is 313 g/mol. The van der Waals surface area contributed by atoms with Crippen LogP contribution in [-0.2, 0) is 4.79 Å². The molecule has 1 amide bonds. The maximum Gasteiger partial charge on any atom is 0.308 e. The molecule has 0 saturated carbocycles. The Hall–Kier alpha value is -2.15. The van der Waals surface area contributed by atoms with Gasteiger partial charge in [-0.2, -0.15) is 0 Å². The van der Waals surface area contributed by atoms with E-state index in [2.05, 4.69) is 0 Å². The van der Waals surface area contributed by atoms with E-state index in [0.717, 1.165) is 6.07 Å². The smallest absolute Gasteiger partial charge is 0.308 e. The van der Waals surface area contributed by atoms with Crippen molar-refractivity contribution in [3.8, 4) is 0 Å². The summed E-state index contributed by atoms with van der Waals surface area (Å²) in [6.45, 7) is 1.94. The molecule has 7 nitrogen and oxygen atoms in total. The summed E-state index contributed by atoms with van der Waals surface area (Å²) in [6.07, 6.45) is 0.356. The zero-order chi connectivity index (χ0) is 15.7. The van der Waals surface area contributed by atoms with Gasteiger partial charge in [0.1, 0.15) is 0 Å². The average Bonchev–Trinajstić information content (AvgIpc) is 2.80. The topological polar surface area (TPSA) is 101 Å². The minimum Gasteiger partial charge on any atom is -0.481 e. The fraction of sp³-hybridized carbons (Fsp3) is 0.385. The molecule has 2 rings (SSSR count). The lowest BCUT2D eigenvalue weighted by Crippen LogP contribution is -2.37. The summed E-state index contributed by atoms with van der Waals surface area (Å²) in [5.41, 5.74) is -0.215. The number of nitrogens with zero attached hydrogens (tertiary/aromatic N) is 2. The third-order valence-corrected chi connectivity index (χ3v) is 4.05. The molecule has 1 aromatic rings. The second-order valence-electron chi connectivity index (χ2n) is 4.89. The molecule has 1 aliphatic rings. The highest BCUT2D eigenvalue weighted by Gasteiger charge is 2.39. The Morgan fingerprint density at radius 1 is 1.48 bits per heavy atom. The first kappa shape index (κ1) is 15.2. The number of hydrogen-bond acceptors (Lipinski definition) is 4. The number of hydrogen-bond donors (Lipinski definition) is 1. The molecule has 21 heavy (non-hydrogen) atoms. The van der Waals surface area contributed by atoms with Gasteiger partial charge in [0.2, 0.25) is 0 Å². The molecule has 2 unspecified atom stereocenters. The van der Waals surface area contributed by atoms with Gasteiger partial charge < -0.3 is 10.0 Å². The quantitative estimate of drug-likeness (QED) is 0.681. The van der Waals surface area contributed by atoms with E-state index in [1.54, 1.807) is 6.92 Å². The molecule has 1 heterocycles. The summed E-state index contributed by atoms with van der Waals surface area (Å²) in [5, 5.41) is 20.0. The Balaban J connectivity index is 2.31. The molecule has 0 spiro atoms. The van der Waals surface area contributed by atoms with Gasteiger partial charge in [-0.1, -0.05) is 11.6 Å². The number of carbonyl (C=O) groups is 2. The van der Waals surface area contributed by atoms with Gasteiger partial charge in [0.15, 0.2) is 0 Å². The molecule has 1 saturated heterocycles. The highest BCUT2D eigenvalue weighted by atomic mass is 35.5. The summed E-state index contributed by atoms with van der Waals surface area (Å²) in [7, 11) is 0. The lowest BCUT2D eigenvalue weighted by Gasteiger charge is -2.23.